The van der Waals surface area contributed by atoms with Crippen LogP contribution in [0.1, 0.15) is 25.5 Å². The molecule has 0 aliphatic heterocycles. The zero-order valence-corrected chi connectivity index (χ0v) is 7.99. The lowest BCUT2D eigenvalue weighted by molar-refractivity contribution is 0.362. The first kappa shape index (κ1) is 9.99. The van der Waals surface area contributed by atoms with Crippen LogP contribution in [0.2, 0.25) is 0 Å². The van der Waals surface area contributed by atoms with E-state index < -0.39 is 0 Å². The van der Waals surface area contributed by atoms with Gasteiger partial charge in [0.1, 0.15) is 5.76 Å². The molecule has 0 radical (unpaired) electrons. The van der Waals surface area contributed by atoms with Gasteiger partial charge in [-0.25, -0.2) is 0 Å². The van der Waals surface area contributed by atoms with E-state index in [1.54, 1.807) is 6.20 Å². The number of rotatable bonds is 6. The molecule has 1 N–H and O–H groups in total. The third kappa shape index (κ3) is 3.90. The van der Waals surface area contributed by atoms with E-state index in [4.69, 9.17) is 4.52 Å². The van der Waals surface area contributed by atoms with Crippen molar-refractivity contribution in [2.75, 3.05) is 0 Å². The Morgan fingerprint density at radius 3 is 3.23 bits per heavy atom. The van der Waals surface area contributed by atoms with Crippen LogP contribution in [0.15, 0.2) is 29.4 Å². The van der Waals surface area contributed by atoms with Crippen molar-refractivity contribution in [3.05, 3.63) is 30.7 Å². The van der Waals surface area contributed by atoms with E-state index >= 15 is 0 Å². The summed E-state index contributed by atoms with van der Waals surface area (Å²) in [5, 5.41) is 6.97. The minimum atomic E-state index is 0.489. The molecule has 1 atom stereocenters. The van der Waals surface area contributed by atoms with Crippen molar-refractivity contribution in [2.45, 2.75) is 32.4 Å². The Morgan fingerprint density at radius 2 is 2.62 bits per heavy atom. The summed E-state index contributed by atoms with van der Waals surface area (Å²) < 4.78 is 4.96. The molecule has 0 aromatic carbocycles. The van der Waals surface area contributed by atoms with E-state index in [9.17, 15) is 0 Å². The maximum Gasteiger partial charge on any atom is 0.150 e. The number of nitrogens with zero attached hydrogens (tertiary/aromatic N) is 1. The summed E-state index contributed by atoms with van der Waals surface area (Å²) in [4.78, 5) is 0. The second kappa shape index (κ2) is 5.54. The molecule has 0 saturated heterocycles. The Morgan fingerprint density at radius 1 is 1.77 bits per heavy atom. The molecule has 1 aromatic rings. The Balaban J connectivity index is 2.15. The van der Waals surface area contributed by atoms with Gasteiger partial charge in [-0.3, -0.25) is 0 Å². The van der Waals surface area contributed by atoms with Gasteiger partial charge >= 0.3 is 0 Å². The second-order valence-corrected chi connectivity index (χ2v) is 3.13. The van der Waals surface area contributed by atoms with Gasteiger partial charge in [0.2, 0.25) is 0 Å². The van der Waals surface area contributed by atoms with Crippen LogP contribution in [0, 0.1) is 0 Å². The van der Waals surface area contributed by atoms with Gasteiger partial charge in [-0.1, -0.05) is 11.2 Å². The lowest BCUT2D eigenvalue weighted by Crippen LogP contribution is -2.24. The predicted molar refractivity (Wildman–Crippen MR) is 52.2 cm³/mol. The van der Waals surface area contributed by atoms with Gasteiger partial charge < -0.3 is 9.84 Å². The highest BCUT2D eigenvalue weighted by molar-refractivity contribution is 4.92. The van der Waals surface area contributed by atoms with Crippen LogP contribution in [0.5, 0.6) is 0 Å². The molecule has 0 spiro atoms. The summed E-state index contributed by atoms with van der Waals surface area (Å²) in [6, 6.07) is 2.36. The maximum absolute atomic E-state index is 4.96. The highest BCUT2D eigenvalue weighted by Crippen LogP contribution is 2.00. The van der Waals surface area contributed by atoms with Crippen molar-refractivity contribution < 1.29 is 4.52 Å². The number of aromatic nitrogens is 1. The SMILES string of the molecule is C=CCCC(C)NCc1ccno1. The summed E-state index contributed by atoms with van der Waals surface area (Å²) in [5.41, 5.74) is 0. The smallest absolute Gasteiger partial charge is 0.150 e. The number of hydrogen-bond donors (Lipinski definition) is 1. The van der Waals surface area contributed by atoms with Crippen LogP contribution < -0.4 is 5.32 Å². The lowest BCUT2D eigenvalue weighted by atomic mass is 10.2. The molecule has 0 saturated carbocycles. The summed E-state index contributed by atoms with van der Waals surface area (Å²) in [5.74, 6) is 0.880. The van der Waals surface area contributed by atoms with E-state index in [1.807, 2.05) is 12.1 Å². The largest absolute Gasteiger partial charge is 0.360 e. The van der Waals surface area contributed by atoms with Gasteiger partial charge in [0, 0.05) is 12.1 Å². The minimum Gasteiger partial charge on any atom is -0.360 e. The molecule has 0 aliphatic rings. The van der Waals surface area contributed by atoms with Crippen LogP contribution in [-0.2, 0) is 6.54 Å². The van der Waals surface area contributed by atoms with Gasteiger partial charge in [-0.15, -0.1) is 6.58 Å². The molecule has 1 rings (SSSR count). The summed E-state index contributed by atoms with van der Waals surface area (Å²) in [6.45, 7) is 6.59. The van der Waals surface area contributed by atoms with Crippen molar-refractivity contribution in [1.29, 1.82) is 0 Å². The first-order valence-corrected chi connectivity index (χ1v) is 4.56. The van der Waals surface area contributed by atoms with Crippen molar-refractivity contribution >= 4 is 0 Å². The van der Waals surface area contributed by atoms with Crippen molar-refractivity contribution in [3.63, 3.8) is 0 Å². The first-order valence-electron chi connectivity index (χ1n) is 4.56. The molecule has 3 heteroatoms. The molecule has 1 aromatic heterocycles. The lowest BCUT2D eigenvalue weighted by Gasteiger charge is -2.10. The van der Waals surface area contributed by atoms with Crippen molar-refractivity contribution in [2.24, 2.45) is 0 Å². The Bertz CT molecular complexity index is 231. The molecule has 0 amide bonds. The van der Waals surface area contributed by atoms with Gasteiger partial charge in [-0.2, -0.15) is 0 Å². The fourth-order valence-corrected chi connectivity index (χ4v) is 1.08. The number of allylic oxidation sites excluding steroid dienone is 1. The van der Waals surface area contributed by atoms with Crippen LogP contribution in [0.25, 0.3) is 0 Å². The summed E-state index contributed by atoms with van der Waals surface area (Å²) in [7, 11) is 0. The monoisotopic (exact) mass is 180 g/mol. The normalized spacial score (nSPS) is 12.7. The van der Waals surface area contributed by atoms with E-state index in [0.29, 0.717) is 6.04 Å². The average Bonchev–Trinajstić information content (AvgIpc) is 2.64. The molecule has 1 heterocycles. The van der Waals surface area contributed by atoms with Gasteiger partial charge in [-0.05, 0) is 19.8 Å². The van der Waals surface area contributed by atoms with Gasteiger partial charge in [0.15, 0.2) is 0 Å². The summed E-state index contributed by atoms with van der Waals surface area (Å²) >= 11 is 0. The first-order chi connectivity index (χ1) is 6.33. The fraction of sp³-hybridized carbons (Fsp3) is 0.500. The highest BCUT2D eigenvalue weighted by atomic mass is 16.5. The second-order valence-electron chi connectivity index (χ2n) is 3.13. The number of hydrogen-bond acceptors (Lipinski definition) is 3. The molecule has 0 aliphatic carbocycles. The quantitative estimate of drug-likeness (QED) is 0.681. The van der Waals surface area contributed by atoms with Crippen LogP contribution in [-0.4, -0.2) is 11.2 Å². The van der Waals surface area contributed by atoms with E-state index in [1.165, 1.54) is 0 Å². The van der Waals surface area contributed by atoms with Gasteiger partial charge in [0.25, 0.3) is 0 Å². The molecule has 0 bridgehead atoms. The minimum absolute atomic E-state index is 0.489. The van der Waals surface area contributed by atoms with Crippen LogP contribution in [0.3, 0.4) is 0 Å². The van der Waals surface area contributed by atoms with Crippen LogP contribution in [0.4, 0.5) is 0 Å². The molecule has 0 fully saturated rings. The third-order valence-electron chi connectivity index (χ3n) is 1.92. The zero-order valence-electron chi connectivity index (χ0n) is 7.99. The average molecular weight is 180 g/mol. The Labute approximate surface area is 78.8 Å². The summed E-state index contributed by atoms with van der Waals surface area (Å²) in [6.07, 6.45) is 5.75. The Kier molecular flexibility index (Phi) is 4.26. The zero-order chi connectivity index (χ0) is 9.52. The molecular formula is C10H16N2O. The predicted octanol–water partition coefficient (Wildman–Crippen LogP) is 2.12. The highest BCUT2D eigenvalue weighted by Gasteiger charge is 2.01. The number of nitrogens with one attached hydrogen (secondary N) is 1. The van der Waals surface area contributed by atoms with E-state index in [-0.39, 0.29) is 0 Å². The topological polar surface area (TPSA) is 38.1 Å². The fourth-order valence-electron chi connectivity index (χ4n) is 1.08. The van der Waals surface area contributed by atoms with Gasteiger partial charge in [0.05, 0.1) is 12.7 Å². The maximum atomic E-state index is 4.96. The molecule has 72 valence electrons. The van der Waals surface area contributed by atoms with E-state index in [2.05, 4.69) is 24.0 Å². The standard InChI is InChI=1S/C10H16N2O/c1-3-4-5-9(2)11-8-10-6-7-12-13-10/h3,6-7,9,11H,1,4-5,8H2,2H3. The van der Waals surface area contributed by atoms with Crippen LogP contribution >= 0.6 is 0 Å². The van der Waals surface area contributed by atoms with Crippen molar-refractivity contribution in [1.82, 2.24) is 10.5 Å². The molecular weight excluding hydrogens is 164 g/mol. The Hall–Kier alpha value is -1.09. The molecule has 3 nitrogen and oxygen atoms in total. The molecule has 13 heavy (non-hydrogen) atoms. The van der Waals surface area contributed by atoms with Crippen molar-refractivity contribution in [3.8, 4) is 0 Å². The van der Waals surface area contributed by atoms with E-state index in [0.717, 1.165) is 25.1 Å². The third-order valence-corrected chi connectivity index (χ3v) is 1.92. The molecule has 1 unspecified atom stereocenters.